The Labute approximate surface area is 37.2 Å². The van der Waals surface area contributed by atoms with Gasteiger partial charge in [0.25, 0.3) is 0 Å². The van der Waals surface area contributed by atoms with Gasteiger partial charge in [0, 0.05) is 19.4 Å². The molecule has 0 aliphatic rings. The Morgan fingerprint density at radius 2 is 2.33 bits per heavy atom. The van der Waals surface area contributed by atoms with Gasteiger partial charge in [0.15, 0.2) is 0 Å². The van der Waals surface area contributed by atoms with Crippen molar-refractivity contribution in [1.29, 1.82) is 0 Å². The summed E-state index contributed by atoms with van der Waals surface area (Å²) in [6.07, 6.45) is 3.01. The molecule has 4 N–H and O–H groups in total. The molecule has 0 atom stereocenters. The molecule has 0 radical (unpaired) electrons. The van der Waals surface area contributed by atoms with Crippen molar-refractivity contribution in [1.82, 2.24) is 10.9 Å². The lowest BCUT2D eigenvalue weighted by molar-refractivity contribution is 0.729. The van der Waals surface area contributed by atoms with Crippen molar-refractivity contribution in [3.05, 3.63) is 12.4 Å². The molecule has 0 aliphatic carbocycles. The minimum Gasteiger partial charge on any atom is -0.403 e. The van der Waals surface area contributed by atoms with E-state index in [9.17, 15) is 0 Å². The fraction of sp³-hybridized carbons (Fsp3) is 0.333. The maximum atomic E-state index is 4.93. The first-order valence-corrected chi connectivity index (χ1v) is 1.71. The van der Waals surface area contributed by atoms with E-state index < -0.39 is 0 Å². The van der Waals surface area contributed by atoms with Gasteiger partial charge in [-0.1, -0.05) is 0 Å². The first-order valence-electron chi connectivity index (χ1n) is 1.71. The van der Waals surface area contributed by atoms with E-state index in [4.69, 9.17) is 5.73 Å². The molecule has 3 heteroatoms. The fourth-order valence-electron chi connectivity index (χ4n) is 0.131. The van der Waals surface area contributed by atoms with Crippen LogP contribution >= 0.6 is 0 Å². The summed E-state index contributed by atoms with van der Waals surface area (Å²) in [5, 5.41) is 0. The molecule has 0 amide bonds. The van der Waals surface area contributed by atoms with Crippen molar-refractivity contribution >= 4 is 0 Å². The van der Waals surface area contributed by atoms with E-state index in [0.29, 0.717) is 0 Å². The summed E-state index contributed by atoms with van der Waals surface area (Å²) in [5.41, 5.74) is 10.2. The lowest BCUT2D eigenvalue weighted by Gasteiger charge is -1.89. The Balaban J connectivity index is 2.66. The van der Waals surface area contributed by atoms with Gasteiger partial charge >= 0.3 is 0 Å². The van der Waals surface area contributed by atoms with Gasteiger partial charge in [0.05, 0.1) is 0 Å². The van der Waals surface area contributed by atoms with Crippen LogP contribution in [0.4, 0.5) is 0 Å². The molecule has 0 aliphatic heterocycles. The van der Waals surface area contributed by atoms with Gasteiger partial charge in [-0.15, -0.1) is 0 Å². The normalized spacial score (nSPS) is 9.50. The maximum Gasteiger partial charge on any atom is 0.0280 e. The van der Waals surface area contributed by atoms with Crippen LogP contribution in [0.25, 0.3) is 0 Å². The topological polar surface area (TPSA) is 50.1 Å². The molecule has 0 aromatic carbocycles. The first-order chi connectivity index (χ1) is 2.91. The molecule has 0 saturated carbocycles. The molecule has 3 nitrogen and oxygen atoms in total. The predicted octanol–water partition coefficient (Wildman–Crippen LogP) is -0.860. The Morgan fingerprint density at radius 3 is 2.50 bits per heavy atom. The minimum atomic E-state index is 1.41. The van der Waals surface area contributed by atoms with Crippen molar-refractivity contribution in [3.8, 4) is 0 Å². The van der Waals surface area contributed by atoms with Gasteiger partial charge in [0.2, 0.25) is 0 Å². The summed E-state index contributed by atoms with van der Waals surface area (Å²) >= 11 is 0. The van der Waals surface area contributed by atoms with Crippen LogP contribution in [0.5, 0.6) is 0 Å². The zero-order valence-electron chi connectivity index (χ0n) is 3.73. The Morgan fingerprint density at radius 1 is 1.67 bits per heavy atom. The summed E-state index contributed by atoms with van der Waals surface area (Å²) in [6.45, 7) is 0. The van der Waals surface area contributed by atoms with Gasteiger partial charge in [-0.25, -0.2) is 5.43 Å². The monoisotopic (exact) mass is 87.1 g/mol. The predicted molar refractivity (Wildman–Crippen MR) is 25.5 cm³/mol. The quantitative estimate of drug-likeness (QED) is 0.384. The zero-order chi connectivity index (χ0) is 4.83. The average Bonchev–Trinajstić information content (AvgIpc) is 1.61. The molecule has 0 fully saturated rings. The summed E-state index contributed by atoms with van der Waals surface area (Å²) in [5.74, 6) is 0. The van der Waals surface area contributed by atoms with Gasteiger partial charge < -0.3 is 11.2 Å². The molecule has 6 heavy (non-hydrogen) atoms. The summed E-state index contributed by atoms with van der Waals surface area (Å²) < 4.78 is 0. The van der Waals surface area contributed by atoms with Crippen LogP contribution in [0, 0.1) is 0 Å². The third-order valence-corrected chi connectivity index (χ3v) is 0.324. The molecular weight excluding hydrogens is 78.1 g/mol. The van der Waals surface area contributed by atoms with Gasteiger partial charge in [-0.2, -0.15) is 0 Å². The van der Waals surface area contributed by atoms with Crippen molar-refractivity contribution in [2.24, 2.45) is 5.73 Å². The number of rotatable bonds is 2. The SMILES string of the molecule is CNN/C=C\N. The van der Waals surface area contributed by atoms with Gasteiger partial charge in [-0.3, -0.25) is 0 Å². The Hall–Kier alpha value is -0.700. The third kappa shape index (κ3) is 3.30. The number of nitrogens with one attached hydrogen (secondary N) is 2. The molecule has 0 saturated heterocycles. The molecule has 0 unspecified atom stereocenters. The minimum absolute atomic E-state index is 1.41. The van der Waals surface area contributed by atoms with Crippen molar-refractivity contribution in [2.45, 2.75) is 0 Å². The number of hydrogen-bond donors (Lipinski definition) is 3. The third-order valence-electron chi connectivity index (χ3n) is 0.324. The lowest BCUT2D eigenvalue weighted by atomic mass is 10.9. The molecule has 0 aromatic heterocycles. The highest BCUT2D eigenvalue weighted by Crippen LogP contribution is 1.42. The second kappa shape index (κ2) is 4.30. The standard InChI is InChI=1S/C3H9N3/c1-5-6-3-2-4/h2-3,5-6H,4H2,1H3/b3-2-. The largest absolute Gasteiger partial charge is 0.403 e. The zero-order valence-corrected chi connectivity index (χ0v) is 3.73. The van der Waals surface area contributed by atoms with Crippen LogP contribution in [0.2, 0.25) is 0 Å². The summed E-state index contributed by atoms with van der Waals surface area (Å²) in [6, 6.07) is 0. The van der Waals surface area contributed by atoms with Crippen LogP contribution in [-0.2, 0) is 0 Å². The van der Waals surface area contributed by atoms with Crippen molar-refractivity contribution in [3.63, 3.8) is 0 Å². The molecular formula is C3H9N3. The molecule has 0 heterocycles. The summed E-state index contributed by atoms with van der Waals surface area (Å²) in [4.78, 5) is 0. The summed E-state index contributed by atoms with van der Waals surface area (Å²) in [7, 11) is 1.76. The van der Waals surface area contributed by atoms with Crippen molar-refractivity contribution < 1.29 is 0 Å². The van der Waals surface area contributed by atoms with Gasteiger partial charge in [0.1, 0.15) is 0 Å². The van der Waals surface area contributed by atoms with Gasteiger partial charge in [-0.05, 0) is 0 Å². The molecule has 0 bridgehead atoms. The van der Waals surface area contributed by atoms with Crippen molar-refractivity contribution in [2.75, 3.05) is 7.05 Å². The van der Waals surface area contributed by atoms with Crippen LogP contribution < -0.4 is 16.6 Å². The second-order valence-electron chi connectivity index (χ2n) is 0.753. The molecule has 0 spiro atoms. The molecule has 0 rings (SSSR count). The second-order valence-corrected chi connectivity index (χ2v) is 0.753. The lowest BCUT2D eigenvalue weighted by Crippen LogP contribution is -2.20. The van der Waals surface area contributed by atoms with E-state index in [1.54, 1.807) is 13.2 Å². The molecule has 36 valence electrons. The highest BCUT2D eigenvalue weighted by atomic mass is 15.3. The Bertz CT molecular complexity index is 41.3. The van der Waals surface area contributed by atoms with Crippen LogP contribution in [-0.4, -0.2) is 7.05 Å². The number of hydrogen-bond acceptors (Lipinski definition) is 3. The van der Waals surface area contributed by atoms with E-state index in [-0.39, 0.29) is 0 Å². The average molecular weight is 87.1 g/mol. The highest BCUT2D eigenvalue weighted by molar-refractivity contribution is 4.68. The van der Waals surface area contributed by atoms with E-state index in [1.807, 2.05) is 0 Å². The highest BCUT2D eigenvalue weighted by Gasteiger charge is 1.54. The van der Waals surface area contributed by atoms with E-state index in [0.717, 1.165) is 0 Å². The smallest absolute Gasteiger partial charge is 0.0280 e. The Kier molecular flexibility index (Phi) is 3.80. The number of nitrogens with two attached hydrogens (primary N) is 1. The number of hydrazine groups is 1. The van der Waals surface area contributed by atoms with E-state index in [1.165, 1.54) is 6.20 Å². The molecule has 0 aromatic rings. The van der Waals surface area contributed by atoms with E-state index >= 15 is 0 Å². The van der Waals surface area contributed by atoms with E-state index in [2.05, 4.69) is 10.9 Å². The fourth-order valence-corrected chi connectivity index (χ4v) is 0.131. The van der Waals surface area contributed by atoms with Crippen LogP contribution in [0.15, 0.2) is 12.4 Å². The van der Waals surface area contributed by atoms with Crippen LogP contribution in [0.3, 0.4) is 0 Å². The van der Waals surface area contributed by atoms with Crippen LogP contribution in [0.1, 0.15) is 0 Å². The maximum absolute atomic E-state index is 4.93. The first kappa shape index (κ1) is 5.30.